The van der Waals surface area contributed by atoms with Crippen LogP contribution >= 0.6 is 0 Å². The van der Waals surface area contributed by atoms with Crippen molar-refractivity contribution in [1.82, 2.24) is 0 Å². The molecule has 94 valence electrons. The summed E-state index contributed by atoms with van der Waals surface area (Å²) in [6.07, 6.45) is 0. The van der Waals surface area contributed by atoms with Crippen LogP contribution in [0, 0.1) is 5.82 Å². The van der Waals surface area contributed by atoms with Gasteiger partial charge in [0.15, 0.2) is 0 Å². The van der Waals surface area contributed by atoms with Crippen LogP contribution in [0.2, 0.25) is 0 Å². The van der Waals surface area contributed by atoms with E-state index in [0.717, 1.165) is 11.3 Å². The lowest BCUT2D eigenvalue weighted by Gasteiger charge is -2.20. The molecule has 0 aliphatic carbocycles. The minimum atomic E-state index is -0.226. The zero-order valence-electron chi connectivity index (χ0n) is 10.6. The standard InChI is InChI=1S/C15H17FN2/c1-11(17)12-7-9-13(10-8-12)18(2)15-6-4-3-5-14(15)16/h3-11H,17H2,1-2H3/t11-/m1/s1. The van der Waals surface area contributed by atoms with Crippen molar-refractivity contribution < 1.29 is 4.39 Å². The van der Waals surface area contributed by atoms with Gasteiger partial charge in [-0.25, -0.2) is 4.39 Å². The summed E-state index contributed by atoms with van der Waals surface area (Å²) >= 11 is 0. The van der Waals surface area contributed by atoms with E-state index < -0.39 is 0 Å². The van der Waals surface area contributed by atoms with Gasteiger partial charge in [0.05, 0.1) is 5.69 Å². The minimum absolute atomic E-state index is 0.0119. The number of benzene rings is 2. The maximum atomic E-state index is 13.7. The van der Waals surface area contributed by atoms with Gasteiger partial charge in [-0.3, -0.25) is 0 Å². The van der Waals surface area contributed by atoms with E-state index in [4.69, 9.17) is 5.73 Å². The van der Waals surface area contributed by atoms with Crippen molar-refractivity contribution in [2.24, 2.45) is 5.73 Å². The smallest absolute Gasteiger partial charge is 0.146 e. The second-order valence-electron chi connectivity index (χ2n) is 4.39. The van der Waals surface area contributed by atoms with E-state index in [-0.39, 0.29) is 11.9 Å². The van der Waals surface area contributed by atoms with Gasteiger partial charge in [0.2, 0.25) is 0 Å². The highest BCUT2D eigenvalue weighted by Crippen LogP contribution is 2.26. The van der Waals surface area contributed by atoms with Crippen molar-refractivity contribution in [2.45, 2.75) is 13.0 Å². The zero-order chi connectivity index (χ0) is 13.1. The number of nitrogens with zero attached hydrogens (tertiary/aromatic N) is 1. The first-order valence-corrected chi connectivity index (χ1v) is 5.93. The van der Waals surface area contributed by atoms with Crippen molar-refractivity contribution >= 4 is 11.4 Å². The highest BCUT2D eigenvalue weighted by atomic mass is 19.1. The fourth-order valence-electron chi connectivity index (χ4n) is 1.86. The predicted octanol–water partition coefficient (Wildman–Crippen LogP) is 3.61. The molecule has 0 aromatic heterocycles. The first-order valence-electron chi connectivity index (χ1n) is 5.93. The molecule has 0 amide bonds. The summed E-state index contributed by atoms with van der Waals surface area (Å²) in [6.45, 7) is 1.94. The second-order valence-corrected chi connectivity index (χ2v) is 4.39. The molecule has 0 spiro atoms. The number of hydrogen-bond acceptors (Lipinski definition) is 2. The molecule has 3 heteroatoms. The minimum Gasteiger partial charge on any atom is -0.342 e. The van der Waals surface area contributed by atoms with Crippen molar-refractivity contribution in [3.8, 4) is 0 Å². The lowest BCUT2D eigenvalue weighted by Crippen LogP contribution is -2.11. The van der Waals surface area contributed by atoms with Crippen molar-refractivity contribution in [3.05, 3.63) is 59.9 Å². The Morgan fingerprint density at radius 3 is 2.22 bits per heavy atom. The molecule has 0 saturated heterocycles. The van der Waals surface area contributed by atoms with Crippen LogP contribution in [0.25, 0.3) is 0 Å². The SMILES string of the molecule is C[C@@H](N)c1ccc(N(C)c2ccccc2F)cc1. The first-order chi connectivity index (χ1) is 8.59. The predicted molar refractivity (Wildman–Crippen MR) is 73.5 cm³/mol. The van der Waals surface area contributed by atoms with Crippen LogP contribution in [0.4, 0.5) is 15.8 Å². The molecule has 2 N–H and O–H groups in total. The van der Waals surface area contributed by atoms with Crippen LogP contribution in [0.1, 0.15) is 18.5 Å². The Kier molecular flexibility index (Phi) is 3.63. The maximum Gasteiger partial charge on any atom is 0.146 e. The Labute approximate surface area is 107 Å². The monoisotopic (exact) mass is 244 g/mol. The molecule has 0 unspecified atom stereocenters. The van der Waals surface area contributed by atoms with Crippen LogP contribution in [-0.2, 0) is 0 Å². The van der Waals surface area contributed by atoms with Crippen molar-refractivity contribution in [1.29, 1.82) is 0 Å². The molecule has 2 aromatic carbocycles. The molecular formula is C15H17FN2. The molecule has 0 aliphatic heterocycles. The van der Waals surface area contributed by atoms with Gasteiger partial charge in [-0.2, -0.15) is 0 Å². The second kappa shape index (κ2) is 5.19. The first kappa shape index (κ1) is 12.6. The van der Waals surface area contributed by atoms with Gasteiger partial charge in [0.25, 0.3) is 0 Å². The van der Waals surface area contributed by atoms with Crippen LogP contribution in [0.3, 0.4) is 0 Å². The molecule has 0 heterocycles. The molecule has 0 radical (unpaired) electrons. The summed E-state index contributed by atoms with van der Waals surface area (Å²) in [5.41, 5.74) is 8.37. The van der Waals surface area contributed by atoms with Crippen LogP contribution in [0.15, 0.2) is 48.5 Å². The Bertz CT molecular complexity index is 520. The van der Waals surface area contributed by atoms with E-state index in [1.54, 1.807) is 12.1 Å². The maximum absolute atomic E-state index is 13.7. The Balaban J connectivity index is 2.29. The largest absolute Gasteiger partial charge is 0.342 e. The van der Waals surface area contributed by atoms with Gasteiger partial charge in [-0.15, -0.1) is 0 Å². The molecule has 0 fully saturated rings. The van der Waals surface area contributed by atoms with E-state index in [9.17, 15) is 4.39 Å². The van der Waals surface area contributed by atoms with Gasteiger partial charge in [-0.1, -0.05) is 24.3 Å². The average molecular weight is 244 g/mol. The molecule has 2 aromatic rings. The summed E-state index contributed by atoms with van der Waals surface area (Å²) in [5, 5.41) is 0. The number of hydrogen-bond donors (Lipinski definition) is 1. The molecule has 0 aliphatic rings. The summed E-state index contributed by atoms with van der Waals surface area (Å²) in [4.78, 5) is 1.82. The van der Waals surface area contributed by atoms with Crippen LogP contribution in [0.5, 0.6) is 0 Å². The third-order valence-corrected chi connectivity index (χ3v) is 3.02. The van der Waals surface area contributed by atoms with E-state index >= 15 is 0 Å². The Morgan fingerprint density at radius 2 is 1.67 bits per heavy atom. The van der Waals surface area contributed by atoms with Gasteiger partial charge in [0.1, 0.15) is 5.82 Å². The highest BCUT2D eigenvalue weighted by molar-refractivity contribution is 5.63. The lowest BCUT2D eigenvalue weighted by atomic mass is 10.1. The zero-order valence-corrected chi connectivity index (χ0v) is 10.6. The number of para-hydroxylation sites is 1. The number of anilines is 2. The molecule has 0 saturated carbocycles. The molecule has 18 heavy (non-hydrogen) atoms. The lowest BCUT2D eigenvalue weighted by molar-refractivity contribution is 0.627. The van der Waals surface area contributed by atoms with Crippen LogP contribution in [-0.4, -0.2) is 7.05 Å². The topological polar surface area (TPSA) is 29.3 Å². The van der Waals surface area contributed by atoms with Gasteiger partial charge < -0.3 is 10.6 Å². The summed E-state index contributed by atoms with van der Waals surface area (Å²) in [5.74, 6) is -0.226. The highest BCUT2D eigenvalue weighted by Gasteiger charge is 2.08. The van der Waals surface area contributed by atoms with Crippen molar-refractivity contribution in [2.75, 3.05) is 11.9 Å². The van der Waals surface area contributed by atoms with Crippen molar-refractivity contribution in [3.63, 3.8) is 0 Å². The molecule has 1 atom stereocenters. The van der Waals surface area contributed by atoms with Crippen LogP contribution < -0.4 is 10.6 Å². The summed E-state index contributed by atoms with van der Waals surface area (Å²) in [6, 6.07) is 14.6. The quantitative estimate of drug-likeness (QED) is 0.893. The molecule has 0 bridgehead atoms. The average Bonchev–Trinajstić information content (AvgIpc) is 2.38. The fourth-order valence-corrected chi connectivity index (χ4v) is 1.86. The van der Waals surface area contributed by atoms with E-state index in [1.807, 2.05) is 49.2 Å². The Morgan fingerprint density at radius 1 is 1.06 bits per heavy atom. The van der Waals surface area contributed by atoms with Gasteiger partial charge >= 0.3 is 0 Å². The Hall–Kier alpha value is -1.87. The van der Waals surface area contributed by atoms with E-state index in [0.29, 0.717) is 5.69 Å². The third-order valence-electron chi connectivity index (χ3n) is 3.02. The third kappa shape index (κ3) is 2.51. The number of rotatable bonds is 3. The molecule has 2 rings (SSSR count). The summed E-state index contributed by atoms with van der Waals surface area (Å²) < 4.78 is 13.7. The van der Waals surface area contributed by atoms with Gasteiger partial charge in [0, 0.05) is 18.8 Å². The number of halogens is 1. The van der Waals surface area contributed by atoms with Gasteiger partial charge in [-0.05, 0) is 36.8 Å². The summed E-state index contributed by atoms with van der Waals surface area (Å²) in [7, 11) is 1.85. The molecular weight excluding hydrogens is 227 g/mol. The van der Waals surface area contributed by atoms with E-state index in [2.05, 4.69) is 0 Å². The fraction of sp³-hybridized carbons (Fsp3) is 0.200. The molecule has 2 nitrogen and oxygen atoms in total. The number of nitrogens with two attached hydrogens (primary N) is 1. The normalized spacial score (nSPS) is 12.2. The van der Waals surface area contributed by atoms with E-state index in [1.165, 1.54) is 6.07 Å².